The number of thioether (sulfide) groups is 1. The molecule has 4 nitrogen and oxygen atoms in total. The van der Waals surface area contributed by atoms with Crippen LogP contribution in [0.25, 0.3) is 0 Å². The fourth-order valence-electron chi connectivity index (χ4n) is 1.15. The van der Waals surface area contributed by atoms with Crippen molar-refractivity contribution in [3.05, 3.63) is 11.7 Å². The van der Waals surface area contributed by atoms with E-state index in [9.17, 15) is 0 Å². The molecule has 0 aliphatic heterocycles. The van der Waals surface area contributed by atoms with E-state index in [2.05, 4.69) is 17.1 Å². The van der Waals surface area contributed by atoms with Crippen molar-refractivity contribution in [1.29, 1.82) is 0 Å². The standard InChI is InChI=1S/C12H23N3OS/c1-6-7-17-8-9-14-10(16-15-9)11(2,3)12(4,5)13/h6-8,13H2,1-5H3. The molecule has 0 aliphatic rings. The maximum absolute atomic E-state index is 6.14. The molecular weight excluding hydrogens is 234 g/mol. The molecule has 0 spiro atoms. The molecule has 1 aromatic rings. The minimum Gasteiger partial charge on any atom is -0.339 e. The molecule has 1 rings (SSSR count). The van der Waals surface area contributed by atoms with Crippen molar-refractivity contribution >= 4 is 11.8 Å². The van der Waals surface area contributed by atoms with Crippen LogP contribution in [0.2, 0.25) is 0 Å². The summed E-state index contributed by atoms with van der Waals surface area (Å²) in [6.45, 7) is 10.2. The molecule has 0 saturated carbocycles. The first kappa shape index (κ1) is 14.5. The Bertz CT molecular complexity index is 355. The van der Waals surface area contributed by atoms with Crippen LogP contribution in [0.1, 0.15) is 52.8 Å². The predicted molar refractivity (Wildman–Crippen MR) is 72.0 cm³/mol. The lowest BCUT2D eigenvalue weighted by Gasteiger charge is -2.34. The average molecular weight is 257 g/mol. The third-order valence-corrected chi connectivity index (χ3v) is 4.35. The van der Waals surface area contributed by atoms with Crippen LogP contribution in [0.15, 0.2) is 4.52 Å². The van der Waals surface area contributed by atoms with Crippen LogP contribution < -0.4 is 5.73 Å². The number of nitrogens with two attached hydrogens (primary N) is 1. The monoisotopic (exact) mass is 257 g/mol. The van der Waals surface area contributed by atoms with E-state index in [1.54, 1.807) is 0 Å². The molecule has 17 heavy (non-hydrogen) atoms. The Morgan fingerprint density at radius 3 is 2.47 bits per heavy atom. The quantitative estimate of drug-likeness (QED) is 0.794. The van der Waals surface area contributed by atoms with Crippen molar-refractivity contribution in [3.63, 3.8) is 0 Å². The molecule has 5 heteroatoms. The zero-order valence-corrected chi connectivity index (χ0v) is 12.2. The van der Waals surface area contributed by atoms with Crippen molar-refractivity contribution in [2.45, 2.75) is 57.7 Å². The molecule has 0 bridgehead atoms. The Morgan fingerprint density at radius 1 is 1.29 bits per heavy atom. The molecule has 0 saturated heterocycles. The summed E-state index contributed by atoms with van der Waals surface area (Å²) in [5, 5.41) is 4.01. The lowest BCUT2D eigenvalue weighted by Crippen LogP contribution is -2.50. The summed E-state index contributed by atoms with van der Waals surface area (Å²) in [5.74, 6) is 3.31. The van der Waals surface area contributed by atoms with Crippen LogP contribution in [-0.2, 0) is 11.2 Å². The van der Waals surface area contributed by atoms with Gasteiger partial charge in [-0.3, -0.25) is 0 Å². The molecule has 1 heterocycles. The van der Waals surface area contributed by atoms with Gasteiger partial charge in [0.25, 0.3) is 0 Å². The molecule has 98 valence electrons. The van der Waals surface area contributed by atoms with Gasteiger partial charge in [0.05, 0.1) is 11.2 Å². The summed E-state index contributed by atoms with van der Waals surface area (Å²) < 4.78 is 5.33. The molecule has 0 aliphatic carbocycles. The van der Waals surface area contributed by atoms with Crippen molar-refractivity contribution in [2.75, 3.05) is 5.75 Å². The van der Waals surface area contributed by atoms with E-state index in [1.165, 1.54) is 0 Å². The lowest BCUT2D eigenvalue weighted by atomic mass is 9.75. The van der Waals surface area contributed by atoms with Crippen LogP contribution in [-0.4, -0.2) is 21.4 Å². The summed E-state index contributed by atoms with van der Waals surface area (Å²) >= 11 is 1.82. The molecule has 0 atom stereocenters. The summed E-state index contributed by atoms with van der Waals surface area (Å²) in [7, 11) is 0. The molecule has 0 radical (unpaired) electrons. The van der Waals surface area contributed by atoms with Gasteiger partial charge in [0.2, 0.25) is 5.89 Å². The highest BCUT2D eigenvalue weighted by atomic mass is 32.2. The number of rotatable bonds is 6. The first-order valence-corrected chi connectivity index (χ1v) is 7.14. The maximum Gasteiger partial charge on any atom is 0.234 e. The highest BCUT2D eigenvalue weighted by Gasteiger charge is 2.40. The predicted octanol–water partition coefficient (Wildman–Crippen LogP) is 2.73. The third kappa shape index (κ3) is 3.45. The minimum absolute atomic E-state index is 0.326. The highest BCUT2D eigenvalue weighted by Crippen LogP contribution is 2.31. The van der Waals surface area contributed by atoms with Gasteiger partial charge in [-0.25, -0.2) is 0 Å². The Kier molecular flexibility index (Phi) is 4.61. The molecular formula is C12H23N3OS. The molecule has 0 aromatic carbocycles. The number of nitrogens with zero attached hydrogens (tertiary/aromatic N) is 2. The fourth-order valence-corrected chi connectivity index (χ4v) is 1.88. The smallest absolute Gasteiger partial charge is 0.234 e. The molecule has 0 unspecified atom stereocenters. The van der Waals surface area contributed by atoms with Crippen LogP contribution in [0.5, 0.6) is 0 Å². The van der Waals surface area contributed by atoms with E-state index >= 15 is 0 Å². The van der Waals surface area contributed by atoms with Gasteiger partial charge in [0.15, 0.2) is 5.82 Å². The van der Waals surface area contributed by atoms with Crippen LogP contribution in [0.4, 0.5) is 0 Å². The Labute approximate surface area is 108 Å². The summed E-state index contributed by atoms with van der Waals surface area (Å²) in [4.78, 5) is 4.44. The second-order valence-corrected chi connectivity index (χ2v) is 6.52. The zero-order valence-electron chi connectivity index (χ0n) is 11.4. The SMILES string of the molecule is CCCSCc1noc(C(C)(C)C(C)(C)N)n1. The first-order chi connectivity index (χ1) is 7.79. The molecule has 0 fully saturated rings. The number of hydrogen-bond donors (Lipinski definition) is 1. The molecule has 2 N–H and O–H groups in total. The first-order valence-electron chi connectivity index (χ1n) is 5.98. The third-order valence-electron chi connectivity index (χ3n) is 3.19. The van der Waals surface area contributed by atoms with Gasteiger partial charge >= 0.3 is 0 Å². The van der Waals surface area contributed by atoms with Gasteiger partial charge in [0.1, 0.15) is 0 Å². The van der Waals surface area contributed by atoms with Crippen molar-refractivity contribution in [2.24, 2.45) is 5.73 Å². The Hall–Kier alpha value is -0.550. The Morgan fingerprint density at radius 2 is 1.94 bits per heavy atom. The summed E-state index contributed by atoms with van der Waals surface area (Å²) in [6.07, 6.45) is 1.16. The normalized spacial score (nSPS) is 13.1. The van der Waals surface area contributed by atoms with E-state index in [4.69, 9.17) is 10.3 Å². The van der Waals surface area contributed by atoms with Crippen molar-refractivity contribution in [1.82, 2.24) is 10.1 Å². The van der Waals surface area contributed by atoms with Gasteiger partial charge in [-0.2, -0.15) is 16.7 Å². The fraction of sp³-hybridized carbons (Fsp3) is 0.833. The Balaban J connectivity index is 2.74. The van der Waals surface area contributed by atoms with E-state index in [0.717, 1.165) is 23.8 Å². The van der Waals surface area contributed by atoms with Gasteiger partial charge < -0.3 is 10.3 Å². The second-order valence-electron chi connectivity index (χ2n) is 5.42. The average Bonchev–Trinajstić information content (AvgIpc) is 2.65. The lowest BCUT2D eigenvalue weighted by molar-refractivity contribution is 0.222. The van der Waals surface area contributed by atoms with Gasteiger partial charge in [-0.15, -0.1) is 0 Å². The molecule has 0 amide bonds. The van der Waals surface area contributed by atoms with Gasteiger partial charge in [-0.05, 0) is 39.9 Å². The van der Waals surface area contributed by atoms with Crippen molar-refractivity contribution < 1.29 is 4.52 Å². The van der Waals surface area contributed by atoms with E-state index < -0.39 is 5.54 Å². The van der Waals surface area contributed by atoms with Crippen LogP contribution >= 0.6 is 11.8 Å². The largest absolute Gasteiger partial charge is 0.339 e. The second kappa shape index (κ2) is 5.40. The van der Waals surface area contributed by atoms with Crippen LogP contribution in [0.3, 0.4) is 0 Å². The summed E-state index contributed by atoms with van der Waals surface area (Å²) in [5.41, 5.74) is 5.42. The minimum atomic E-state index is -0.395. The van der Waals surface area contributed by atoms with Gasteiger partial charge in [0, 0.05) is 5.54 Å². The number of hydrogen-bond acceptors (Lipinski definition) is 5. The van der Waals surface area contributed by atoms with E-state index in [0.29, 0.717) is 5.89 Å². The maximum atomic E-state index is 6.14. The summed E-state index contributed by atoms with van der Waals surface area (Å²) in [6, 6.07) is 0. The van der Waals surface area contributed by atoms with E-state index in [-0.39, 0.29) is 5.41 Å². The number of aromatic nitrogens is 2. The highest BCUT2D eigenvalue weighted by molar-refractivity contribution is 7.98. The topological polar surface area (TPSA) is 64.9 Å². The van der Waals surface area contributed by atoms with Gasteiger partial charge in [-0.1, -0.05) is 12.1 Å². The van der Waals surface area contributed by atoms with E-state index in [1.807, 2.05) is 39.5 Å². The molecule has 1 aromatic heterocycles. The van der Waals surface area contributed by atoms with Crippen molar-refractivity contribution in [3.8, 4) is 0 Å². The zero-order chi connectivity index (χ0) is 13.1. The van der Waals surface area contributed by atoms with Crippen LogP contribution in [0, 0.1) is 0 Å².